The van der Waals surface area contributed by atoms with Crippen LogP contribution in [0.25, 0.3) is 0 Å². The molecule has 0 bridgehead atoms. The fourth-order valence-electron chi connectivity index (χ4n) is 1.74. The van der Waals surface area contributed by atoms with Crippen molar-refractivity contribution in [1.29, 1.82) is 0 Å². The molecular formula is C15H31NO2. The second kappa shape index (κ2) is 13.0. The summed E-state index contributed by atoms with van der Waals surface area (Å²) < 4.78 is 5.28. The number of rotatable bonds is 13. The third-order valence-electron chi connectivity index (χ3n) is 3.02. The van der Waals surface area contributed by atoms with Crippen LogP contribution < -0.4 is 5.32 Å². The highest BCUT2D eigenvalue weighted by Gasteiger charge is 2.05. The Morgan fingerprint density at radius 3 is 2.33 bits per heavy atom. The molecule has 0 radical (unpaired) electrons. The van der Waals surface area contributed by atoms with Gasteiger partial charge in [-0.15, -0.1) is 0 Å². The maximum absolute atomic E-state index is 11.4. The molecule has 3 heteroatoms. The number of ether oxygens (including phenoxy) is 1. The Hall–Kier alpha value is -0.410. The molecule has 0 amide bonds. The van der Waals surface area contributed by atoms with Gasteiger partial charge in [-0.3, -0.25) is 4.79 Å². The summed E-state index contributed by atoms with van der Waals surface area (Å²) in [6.07, 6.45) is 6.46. The number of ketones is 1. The fourth-order valence-corrected chi connectivity index (χ4v) is 1.74. The first-order chi connectivity index (χ1) is 8.68. The zero-order valence-corrected chi connectivity index (χ0v) is 12.5. The first kappa shape index (κ1) is 17.6. The summed E-state index contributed by atoms with van der Waals surface area (Å²) in [7, 11) is 0. The summed E-state index contributed by atoms with van der Waals surface area (Å²) in [5.41, 5.74) is 0. The highest BCUT2D eigenvalue weighted by atomic mass is 16.5. The van der Waals surface area contributed by atoms with Crippen LogP contribution in [0.2, 0.25) is 0 Å². The van der Waals surface area contributed by atoms with E-state index in [1.807, 2.05) is 20.8 Å². The van der Waals surface area contributed by atoms with Crippen LogP contribution in [0.3, 0.4) is 0 Å². The van der Waals surface area contributed by atoms with Crippen LogP contribution in [0, 0.1) is 5.92 Å². The van der Waals surface area contributed by atoms with Gasteiger partial charge < -0.3 is 10.1 Å². The number of carbonyl (C=O) groups is 1. The van der Waals surface area contributed by atoms with Crippen LogP contribution in [0.4, 0.5) is 0 Å². The van der Waals surface area contributed by atoms with Gasteiger partial charge in [0.2, 0.25) is 0 Å². The molecule has 0 aliphatic rings. The van der Waals surface area contributed by atoms with E-state index in [-0.39, 0.29) is 5.92 Å². The van der Waals surface area contributed by atoms with Gasteiger partial charge in [-0.2, -0.15) is 0 Å². The normalized spacial score (nSPS) is 11.1. The minimum atomic E-state index is 0.202. The Labute approximate surface area is 113 Å². The first-order valence-corrected chi connectivity index (χ1v) is 7.49. The molecule has 0 aromatic carbocycles. The lowest BCUT2D eigenvalue weighted by molar-refractivity contribution is -0.122. The third kappa shape index (κ3) is 12.1. The Bertz CT molecular complexity index is 193. The molecule has 0 saturated heterocycles. The Kier molecular flexibility index (Phi) is 12.7. The molecule has 0 heterocycles. The summed E-state index contributed by atoms with van der Waals surface area (Å²) in [5.74, 6) is 0.604. The highest BCUT2D eigenvalue weighted by molar-refractivity contribution is 5.80. The van der Waals surface area contributed by atoms with Crippen molar-refractivity contribution >= 4 is 5.78 Å². The lowest BCUT2D eigenvalue weighted by atomic mass is 10.0. The molecule has 0 aromatic rings. The van der Waals surface area contributed by atoms with Crippen LogP contribution in [0.1, 0.15) is 59.3 Å². The molecular weight excluding hydrogens is 226 g/mol. The van der Waals surface area contributed by atoms with E-state index in [9.17, 15) is 4.79 Å². The van der Waals surface area contributed by atoms with Crippen molar-refractivity contribution in [3.05, 3.63) is 0 Å². The standard InChI is InChI=1S/C15H31NO2/c1-4-18-13-9-8-12-16-11-7-5-6-10-15(17)14(2)3/h14,16H,4-13H2,1-3H3. The number of carbonyl (C=O) groups excluding carboxylic acids is 1. The van der Waals surface area contributed by atoms with Crippen molar-refractivity contribution in [2.24, 2.45) is 5.92 Å². The Morgan fingerprint density at radius 1 is 1.06 bits per heavy atom. The van der Waals surface area contributed by atoms with E-state index in [0.29, 0.717) is 5.78 Å². The number of hydrogen-bond acceptors (Lipinski definition) is 3. The minimum absolute atomic E-state index is 0.202. The van der Waals surface area contributed by atoms with E-state index in [1.165, 1.54) is 12.8 Å². The molecule has 0 fully saturated rings. The van der Waals surface area contributed by atoms with E-state index in [4.69, 9.17) is 4.74 Å². The number of hydrogen-bond donors (Lipinski definition) is 1. The van der Waals surface area contributed by atoms with Crippen molar-refractivity contribution in [3.63, 3.8) is 0 Å². The third-order valence-corrected chi connectivity index (χ3v) is 3.02. The lowest BCUT2D eigenvalue weighted by Crippen LogP contribution is -2.17. The van der Waals surface area contributed by atoms with E-state index < -0.39 is 0 Å². The average molecular weight is 257 g/mol. The van der Waals surface area contributed by atoms with E-state index in [0.717, 1.165) is 52.0 Å². The summed E-state index contributed by atoms with van der Waals surface area (Å²) in [6.45, 7) is 9.85. The van der Waals surface area contributed by atoms with E-state index >= 15 is 0 Å². The quantitative estimate of drug-likeness (QED) is 0.515. The number of Topliss-reactive ketones (excluding diaryl/α,β-unsaturated/α-hetero) is 1. The number of unbranched alkanes of at least 4 members (excludes halogenated alkanes) is 3. The zero-order chi connectivity index (χ0) is 13.6. The molecule has 1 N–H and O–H groups in total. The van der Waals surface area contributed by atoms with Crippen molar-refractivity contribution in [1.82, 2.24) is 5.32 Å². The average Bonchev–Trinajstić information content (AvgIpc) is 2.35. The molecule has 0 aromatic heterocycles. The van der Waals surface area contributed by atoms with Gasteiger partial charge in [0.25, 0.3) is 0 Å². The van der Waals surface area contributed by atoms with Gasteiger partial charge in [-0.25, -0.2) is 0 Å². The maximum atomic E-state index is 11.4. The van der Waals surface area contributed by atoms with Crippen LogP contribution in [0.5, 0.6) is 0 Å². The minimum Gasteiger partial charge on any atom is -0.382 e. The highest BCUT2D eigenvalue weighted by Crippen LogP contribution is 2.05. The molecule has 0 unspecified atom stereocenters. The van der Waals surface area contributed by atoms with Gasteiger partial charge in [0, 0.05) is 25.6 Å². The fraction of sp³-hybridized carbons (Fsp3) is 0.933. The smallest absolute Gasteiger partial charge is 0.135 e. The van der Waals surface area contributed by atoms with Gasteiger partial charge >= 0.3 is 0 Å². The van der Waals surface area contributed by atoms with Crippen LogP contribution in [0.15, 0.2) is 0 Å². The molecule has 3 nitrogen and oxygen atoms in total. The topological polar surface area (TPSA) is 38.3 Å². The van der Waals surface area contributed by atoms with E-state index in [2.05, 4.69) is 5.32 Å². The molecule has 0 aliphatic heterocycles. The van der Waals surface area contributed by atoms with Gasteiger partial charge in [-0.1, -0.05) is 20.3 Å². The monoisotopic (exact) mass is 257 g/mol. The predicted molar refractivity (Wildman–Crippen MR) is 76.9 cm³/mol. The Morgan fingerprint density at radius 2 is 1.72 bits per heavy atom. The zero-order valence-electron chi connectivity index (χ0n) is 12.5. The molecule has 18 heavy (non-hydrogen) atoms. The predicted octanol–water partition coefficient (Wildman–Crippen LogP) is 3.18. The van der Waals surface area contributed by atoms with Crippen molar-refractivity contribution in [2.45, 2.75) is 59.3 Å². The van der Waals surface area contributed by atoms with Crippen LogP contribution >= 0.6 is 0 Å². The lowest BCUT2D eigenvalue weighted by Gasteiger charge is -2.06. The van der Waals surface area contributed by atoms with Crippen LogP contribution in [-0.4, -0.2) is 32.1 Å². The molecule has 0 spiro atoms. The molecule has 0 atom stereocenters. The first-order valence-electron chi connectivity index (χ1n) is 7.49. The largest absolute Gasteiger partial charge is 0.382 e. The second-order valence-corrected chi connectivity index (χ2v) is 5.09. The SMILES string of the molecule is CCOCCCCNCCCCCC(=O)C(C)C. The molecule has 0 rings (SSSR count). The van der Waals surface area contributed by atoms with Gasteiger partial charge in [0.15, 0.2) is 0 Å². The summed E-state index contributed by atoms with van der Waals surface area (Å²) in [6, 6.07) is 0. The van der Waals surface area contributed by atoms with Gasteiger partial charge in [0.05, 0.1) is 0 Å². The molecule has 0 aliphatic carbocycles. The summed E-state index contributed by atoms with van der Waals surface area (Å²) in [5, 5.41) is 3.43. The summed E-state index contributed by atoms with van der Waals surface area (Å²) in [4.78, 5) is 11.4. The van der Waals surface area contributed by atoms with Crippen molar-refractivity contribution < 1.29 is 9.53 Å². The van der Waals surface area contributed by atoms with Gasteiger partial charge in [-0.05, 0) is 45.7 Å². The van der Waals surface area contributed by atoms with Crippen molar-refractivity contribution in [2.75, 3.05) is 26.3 Å². The van der Waals surface area contributed by atoms with E-state index in [1.54, 1.807) is 0 Å². The molecule has 0 saturated carbocycles. The number of nitrogens with one attached hydrogen (secondary N) is 1. The summed E-state index contributed by atoms with van der Waals surface area (Å²) >= 11 is 0. The second-order valence-electron chi connectivity index (χ2n) is 5.09. The maximum Gasteiger partial charge on any atom is 0.135 e. The Balaban J connectivity index is 3.05. The molecule has 108 valence electrons. The van der Waals surface area contributed by atoms with Crippen LogP contribution in [-0.2, 0) is 9.53 Å². The van der Waals surface area contributed by atoms with Gasteiger partial charge in [0.1, 0.15) is 5.78 Å². The van der Waals surface area contributed by atoms with Crippen molar-refractivity contribution in [3.8, 4) is 0 Å².